The number of nitrogens with two attached hydrogens (primary N) is 1. The molecule has 1 saturated carbocycles. The number of benzene rings is 1. The van der Waals surface area contributed by atoms with Crippen molar-refractivity contribution in [2.24, 2.45) is 11.7 Å². The van der Waals surface area contributed by atoms with Crippen LogP contribution < -0.4 is 5.73 Å². The molecule has 0 bridgehead atoms. The third kappa shape index (κ3) is 5.50. The Morgan fingerprint density at radius 2 is 1.96 bits per heavy atom. The van der Waals surface area contributed by atoms with Crippen molar-refractivity contribution in [1.82, 2.24) is 4.90 Å². The molecule has 0 aliphatic heterocycles. The Bertz CT molecular complexity index is 489. The number of hydrogen-bond acceptors (Lipinski definition) is 2. The van der Waals surface area contributed by atoms with Gasteiger partial charge in [-0.25, -0.2) is 0 Å². The lowest BCUT2D eigenvalue weighted by Gasteiger charge is -2.34. The standard InChI is InChI=1S/C19H30N2O.ClH/c1-4-18(12-15-10-8-14(2)9-11-15)21(3)19(22)16-6-5-7-17(20)13-16;/h8-11,16-18H,4-7,12-13,20H2,1-3H3;1H. The van der Waals surface area contributed by atoms with E-state index >= 15 is 0 Å². The van der Waals surface area contributed by atoms with Crippen LogP contribution in [0.15, 0.2) is 24.3 Å². The molecule has 1 aromatic rings. The van der Waals surface area contributed by atoms with Gasteiger partial charge in [0.05, 0.1) is 0 Å². The average molecular weight is 339 g/mol. The zero-order chi connectivity index (χ0) is 16.1. The Balaban J connectivity index is 0.00000264. The maximum Gasteiger partial charge on any atom is 0.225 e. The first-order valence-corrected chi connectivity index (χ1v) is 8.59. The first kappa shape index (κ1) is 20.0. The normalized spacial score (nSPS) is 22.1. The molecule has 23 heavy (non-hydrogen) atoms. The van der Waals surface area contributed by atoms with E-state index in [4.69, 9.17) is 5.73 Å². The molecule has 0 spiro atoms. The van der Waals surface area contributed by atoms with Gasteiger partial charge < -0.3 is 10.6 Å². The molecule has 2 N–H and O–H groups in total. The van der Waals surface area contributed by atoms with Crippen LogP contribution in [0.3, 0.4) is 0 Å². The van der Waals surface area contributed by atoms with Crippen molar-refractivity contribution in [2.75, 3.05) is 7.05 Å². The molecule has 0 heterocycles. The molecule has 3 atom stereocenters. The molecule has 0 aromatic heterocycles. The number of carbonyl (C=O) groups excluding carboxylic acids is 1. The van der Waals surface area contributed by atoms with Gasteiger partial charge >= 0.3 is 0 Å². The minimum Gasteiger partial charge on any atom is -0.342 e. The van der Waals surface area contributed by atoms with Gasteiger partial charge in [-0.3, -0.25) is 4.79 Å². The van der Waals surface area contributed by atoms with Gasteiger partial charge in [-0.1, -0.05) is 43.2 Å². The van der Waals surface area contributed by atoms with E-state index in [0.717, 1.165) is 38.5 Å². The SMILES string of the molecule is CCC(Cc1ccc(C)cc1)N(C)C(=O)C1CCCC(N)C1.Cl. The summed E-state index contributed by atoms with van der Waals surface area (Å²) in [5, 5.41) is 0. The smallest absolute Gasteiger partial charge is 0.225 e. The lowest BCUT2D eigenvalue weighted by atomic mass is 9.85. The topological polar surface area (TPSA) is 46.3 Å². The molecule has 2 rings (SSSR count). The molecule has 0 radical (unpaired) electrons. The molecule has 3 unspecified atom stereocenters. The Morgan fingerprint density at radius 1 is 1.30 bits per heavy atom. The van der Waals surface area contributed by atoms with Crippen LogP contribution in [0.2, 0.25) is 0 Å². The Kier molecular flexibility index (Phi) is 8.07. The molecule has 4 heteroatoms. The first-order valence-electron chi connectivity index (χ1n) is 8.59. The molecule has 1 amide bonds. The molecular weight excluding hydrogens is 308 g/mol. The number of rotatable bonds is 5. The van der Waals surface area contributed by atoms with E-state index in [-0.39, 0.29) is 36.3 Å². The summed E-state index contributed by atoms with van der Waals surface area (Å²) in [5.74, 6) is 0.412. The van der Waals surface area contributed by atoms with Gasteiger partial charge in [0.15, 0.2) is 0 Å². The fourth-order valence-corrected chi connectivity index (χ4v) is 3.47. The summed E-state index contributed by atoms with van der Waals surface area (Å²) in [6.07, 6.45) is 5.91. The number of amides is 1. The Hall–Kier alpha value is -1.06. The number of carbonyl (C=O) groups is 1. The molecular formula is C19H31ClN2O. The largest absolute Gasteiger partial charge is 0.342 e. The summed E-state index contributed by atoms with van der Waals surface area (Å²) in [6, 6.07) is 9.11. The van der Waals surface area contributed by atoms with Crippen LogP contribution >= 0.6 is 12.4 Å². The Labute approximate surface area is 147 Å². The van der Waals surface area contributed by atoms with E-state index in [1.807, 2.05) is 11.9 Å². The van der Waals surface area contributed by atoms with E-state index in [9.17, 15) is 4.79 Å². The highest BCUT2D eigenvalue weighted by atomic mass is 35.5. The number of nitrogens with zero attached hydrogens (tertiary/aromatic N) is 1. The van der Waals surface area contributed by atoms with Crippen LogP contribution in [-0.4, -0.2) is 29.9 Å². The lowest BCUT2D eigenvalue weighted by Crippen LogP contribution is -2.44. The zero-order valence-corrected chi connectivity index (χ0v) is 15.4. The van der Waals surface area contributed by atoms with Crippen LogP contribution in [0.5, 0.6) is 0 Å². The summed E-state index contributed by atoms with van der Waals surface area (Å²) >= 11 is 0. The second-order valence-corrected chi connectivity index (χ2v) is 6.82. The lowest BCUT2D eigenvalue weighted by molar-refractivity contribution is -0.137. The van der Waals surface area contributed by atoms with Crippen molar-refractivity contribution in [2.45, 2.75) is 64.5 Å². The van der Waals surface area contributed by atoms with Gasteiger partial charge in [0.2, 0.25) is 5.91 Å². The number of hydrogen-bond donors (Lipinski definition) is 1. The van der Waals surface area contributed by atoms with Gasteiger partial charge in [0, 0.05) is 25.0 Å². The summed E-state index contributed by atoms with van der Waals surface area (Å²) in [4.78, 5) is 14.7. The maximum atomic E-state index is 12.8. The number of aryl methyl sites for hydroxylation is 1. The minimum absolute atomic E-state index is 0. The van der Waals surface area contributed by atoms with Crippen LogP contribution in [-0.2, 0) is 11.2 Å². The minimum atomic E-state index is 0. The zero-order valence-electron chi connectivity index (χ0n) is 14.6. The molecule has 0 saturated heterocycles. The molecule has 1 aliphatic carbocycles. The van der Waals surface area contributed by atoms with Crippen molar-refractivity contribution in [1.29, 1.82) is 0 Å². The van der Waals surface area contributed by atoms with Crippen LogP contribution in [0.1, 0.15) is 50.2 Å². The second kappa shape index (κ2) is 9.29. The maximum absolute atomic E-state index is 12.8. The predicted octanol–water partition coefficient (Wildman–Crippen LogP) is 3.71. The average Bonchev–Trinajstić information content (AvgIpc) is 2.53. The predicted molar refractivity (Wildman–Crippen MR) is 98.9 cm³/mol. The second-order valence-electron chi connectivity index (χ2n) is 6.82. The van der Waals surface area contributed by atoms with Gasteiger partial charge in [-0.05, 0) is 44.6 Å². The van der Waals surface area contributed by atoms with E-state index in [1.54, 1.807) is 0 Å². The van der Waals surface area contributed by atoms with E-state index in [0.29, 0.717) is 0 Å². The number of halogens is 1. The van der Waals surface area contributed by atoms with Gasteiger partial charge in [0.25, 0.3) is 0 Å². The molecule has 3 nitrogen and oxygen atoms in total. The van der Waals surface area contributed by atoms with Crippen LogP contribution in [0.25, 0.3) is 0 Å². The van der Waals surface area contributed by atoms with E-state index < -0.39 is 0 Å². The van der Waals surface area contributed by atoms with Gasteiger partial charge in [-0.2, -0.15) is 0 Å². The van der Waals surface area contributed by atoms with Gasteiger partial charge in [0.1, 0.15) is 0 Å². The Morgan fingerprint density at radius 3 is 2.52 bits per heavy atom. The molecule has 1 aromatic carbocycles. The quantitative estimate of drug-likeness (QED) is 0.889. The third-order valence-electron chi connectivity index (χ3n) is 5.02. The monoisotopic (exact) mass is 338 g/mol. The highest BCUT2D eigenvalue weighted by molar-refractivity contribution is 5.85. The van der Waals surface area contributed by atoms with Crippen LogP contribution in [0.4, 0.5) is 0 Å². The van der Waals surface area contributed by atoms with Crippen LogP contribution in [0, 0.1) is 12.8 Å². The number of likely N-dealkylation sites (N-methyl/N-ethyl adjacent to an activating group) is 1. The van der Waals surface area contributed by atoms with Gasteiger partial charge in [-0.15, -0.1) is 12.4 Å². The third-order valence-corrected chi connectivity index (χ3v) is 5.02. The van der Waals surface area contributed by atoms with Crippen molar-refractivity contribution in [3.63, 3.8) is 0 Å². The summed E-state index contributed by atoms with van der Waals surface area (Å²) in [5.41, 5.74) is 8.62. The molecule has 1 fully saturated rings. The van der Waals surface area contributed by atoms with Crippen molar-refractivity contribution >= 4 is 18.3 Å². The summed E-state index contributed by atoms with van der Waals surface area (Å²) in [6.45, 7) is 4.26. The highest BCUT2D eigenvalue weighted by Crippen LogP contribution is 2.26. The fraction of sp³-hybridized carbons (Fsp3) is 0.632. The fourth-order valence-electron chi connectivity index (χ4n) is 3.47. The van der Waals surface area contributed by atoms with Crippen molar-refractivity contribution < 1.29 is 4.79 Å². The van der Waals surface area contributed by atoms with Crippen molar-refractivity contribution in [3.8, 4) is 0 Å². The highest BCUT2D eigenvalue weighted by Gasteiger charge is 2.30. The molecule has 130 valence electrons. The van der Waals surface area contributed by atoms with E-state index in [2.05, 4.69) is 38.1 Å². The van der Waals surface area contributed by atoms with Crippen molar-refractivity contribution in [3.05, 3.63) is 35.4 Å². The molecule has 1 aliphatic rings. The first-order chi connectivity index (χ1) is 10.5. The summed E-state index contributed by atoms with van der Waals surface area (Å²) < 4.78 is 0. The summed E-state index contributed by atoms with van der Waals surface area (Å²) in [7, 11) is 1.96. The van der Waals surface area contributed by atoms with E-state index in [1.165, 1.54) is 11.1 Å².